The first-order valence-electron chi connectivity index (χ1n) is 8.70. The Morgan fingerprint density at radius 3 is 2.41 bits per heavy atom. The van der Waals surface area contributed by atoms with Gasteiger partial charge in [-0.05, 0) is 55.3 Å². The number of carbonyl (C=O) groups is 2. The van der Waals surface area contributed by atoms with Crippen molar-refractivity contribution < 1.29 is 19.1 Å². The zero-order chi connectivity index (χ0) is 19.0. The van der Waals surface area contributed by atoms with Crippen molar-refractivity contribution in [2.24, 2.45) is 0 Å². The Hall–Kier alpha value is -2.86. The van der Waals surface area contributed by atoms with Crippen molar-refractivity contribution in [3.8, 4) is 0 Å². The van der Waals surface area contributed by atoms with Crippen LogP contribution in [-0.2, 0) is 0 Å². The lowest BCUT2D eigenvalue weighted by atomic mass is 9.96. The number of aromatic carboxylic acids is 1. The number of halogens is 1. The first-order chi connectivity index (χ1) is 13.0. The number of fused-ring (bicyclic) bond motifs is 1. The van der Waals surface area contributed by atoms with Gasteiger partial charge in [-0.15, -0.1) is 0 Å². The van der Waals surface area contributed by atoms with E-state index >= 15 is 0 Å². The second-order valence-electron chi connectivity index (χ2n) is 6.61. The Kier molecular flexibility index (Phi) is 4.58. The molecule has 1 fully saturated rings. The Labute approximate surface area is 160 Å². The van der Waals surface area contributed by atoms with Crippen LogP contribution in [0.1, 0.15) is 45.4 Å². The number of likely N-dealkylation sites (tertiary alicyclic amines) is 1. The van der Waals surface area contributed by atoms with Crippen molar-refractivity contribution in [1.29, 1.82) is 0 Å². The van der Waals surface area contributed by atoms with Crippen LogP contribution in [0.5, 0.6) is 0 Å². The number of rotatable bonds is 3. The van der Waals surface area contributed by atoms with Crippen LogP contribution in [0.3, 0.4) is 0 Å². The highest BCUT2D eigenvalue weighted by atomic mass is 35.5. The van der Waals surface area contributed by atoms with E-state index in [0.29, 0.717) is 35.1 Å². The second kappa shape index (κ2) is 7.04. The van der Waals surface area contributed by atoms with Crippen LogP contribution in [0, 0.1) is 0 Å². The van der Waals surface area contributed by atoms with Gasteiger partial charge in [0, 0.05) is 29.6 Å². The number of hydrogen-bond acceptors (Lipinski definition) is 4. The summed E-state index contributed by atoms with van der Waals surface area (Å²) in [5.74, 6) is -0.246. The molecule has 1 saturated heterocycles. The zero-order valence-corrected chi connectivity index (χ0v) is 15.1. The summed E-state index contributed by atoms with van der Waals surface area (Å²) >= 11 is 5.99. The predicted molar refractivity (Wildman–Crippen MR) is 100 cm³/mol. The van der Waals surface area contributed by atoms with Gasteiger partial charge in [0.25, 0.3) is 5.91 Å². The maximum Gasteiger partial charge on any atom is 0.335 e. The first-order valence-corrected chi connectivity index (χ1v) is 9.07. The average molecular weight is 385 g/mol. The molecule has 3 aromatic rings. The van der Waals surface area contributed by atoms with Gasteiger partial charge in [-0.3, -0.25) is 4.79 Å². The summed E-state index contributed by atoms with van der Waals surface area (Å²) in [5, 5.41) is 9.57. The van der Waals surface area contributed by atoms with E-state index in [1.54, 1.807) is 29.2 Å². The molecule has 6 nitrogen and oxygen atoms in total. The molecule has 27 heavy (non-hydrogen) atoms. The minimum atomic E-state index is -1.01. The average Bonchev–Trinajstić information content (AvgIpc) is 3.11. The van der Waals surface area contributed by atoms with Gasteiger partial charge >= 0.3 is 5.97 Å². The number of hydrogen-bond donors (Lipinski definition) is 1. The van der Waals surface area contributed by atoms with Gasteiger partial charge in [0.2, 0.25) is 0 Å². The topological polar surface area (TPSA) is 83.6 Å². The minimum absolute atomic E-state index is 0.0882. The number of amides is 1. The van der Waals surface area contributed by atoms with Crippen molar-refractivity contribution in [3.05, 3.63) is 64.5 Å². The molecular formula is C20H17ClN2O4. The van der Waals surface area contributed by atoms with Gasteiger partial charge in [-0.25, -0.2) is 9.78 Å². The third-order valence-corrected chi connectivity index (χ3v) is 5.11. The molecule has 1 amide bonds. The summed E-state index contributed by atoms with van der Waals surface area (Å²) in [4.78, 5) is 29.9. The van der Waals surface area contributed by atoms with Crippen molar-refractivity contribution in [2.75, 3.05) is 13.1 Å². The molecule has 4 rings (SSSR count). The lowest BCUT2D eigenvalue weighted by Crippen LogP contribution is -2.38. The van der Waals surface area contributed by atoms with Crippen LogP contribution < -0.4 is 0 Å². The highest BCUT2D eigenvalue weighted by Gasteiger charge is 2.27. The molecule has 0 bridgehead atoms. The molecule has 0 radical (unpaired) electrons. The summed E-state index contributed by atoms with van der Waals surface area (Å²) in [6, 6.07) is 11.4. The number of carboxylic acid groups (broad SMARTS) is 1. The molecule has 0 aliphatic carbocycles. The van der Waals surface area contributed by atoms with Crippen LogP contribution in [0.4, 0.5) is 0 Å². The van der Waals surface area contributed by atoms with E-state index in [4.69, 9.17) is 21.1 Å². The Morgan fingerprint density at radius 1 is 1.07 bits per heavy atom. The summed E-state index contributed by atoms with van der Waals surface area (Å²) in [7, 11) is 0. The summed E-state index contributed by atoms with van der Waals surface area (Å²) in [5.41, 5.74) is 2.12. The second-order valence-corrected chi connectivity index (χ2v) is 7.05. The van der Waals surface area contributed by atoms with Gasteiger partial charge in [0.1, 0.15) is 5.52 Å². The predicted octanol–water partition coefficient (Wildman–Crippen LogP) is 4.20. The molecule has 2 heterocycles. The lowest BCUT2D eigenvalue weighted by molar-refractivity contribution is 0.0687. The molecule has 0 atom stereocenters. The quantitative estimate of drug-likeness (QED) is 0.731. The third-order valence-electron chi connectivity index (χ3n) is 4.88. The van der Waals surface area contributed by atoms with Gasteiger partial charge in [-0.1, -0.05) is 11.6 Å². The fourth-order valence-corrected chi connectivity index (χ4v) is 3.53. The Morgan fingerprint density at radius 2 is 1.74 bits per heavy atom. The van der Waals surface area contributed by atoms with Crippen LogP contribution in [0.15, 0.2) is 46.9 Å². The fourth-order valence-electron chi connectivity index (χ4n) is 3.36. The summed E-state index contributed by atoms with van der Waals surface area (Å²) in [6.07, 6.45) is 1.53. The fraction of sp³-hybridized carbons (Fsp3) is 0.250. The zero-order valence-electron chi connectivity index (χ0n) is 14.4. The van der Waals surface area contributed by atoms with Gasteiger partial charge in [0.15, 0.2) is 11.5 Å². The molecule has 0 unspecified atom stereocenters. The molecule has 1 aliphatic rings. The normalized spacial score (nSPS) is 15.2. The number of oxazole rings is 1. The van der Waals surface area contributed by atoms with E-state index in [1.165, 1.54) is 12.1 Å². The molecule has 1 aliphatic heterocycles. The molecule has 1 aromatic heterocycles. The molecular weight excluding hydrogens is 368 g/mol. The van der Waals surface area contributed by atoms with Crippen LogP contribution in [-0.4, -0.2) is 40.0 Å². The van der Waals surface area contributed by atoms with Crippen molar-refractivity contribution in [2.45, 2.75) is 18.8 Å². The van der Waals surface area contributed by atoms with Gasteiger partial charge in [-0.2, -0.15) is 0 Å². The van der Waals surface area contributed by atoms with E-state index in [-0.39, 0.29) is 17.4 Å². The summed E-state index contributed by atoms with van der Waals surface area (Å²) < 4.78 is 5.85. The van der Waals surface area contributed by atoms with E-state index in [2.05, 4.69) is 4.98 Å². The molecule has 1 N–H and O–H groups in total. The number of piperidine rings is 1. The molecule has 0 saturated carbocycles. The highest BCUT2D eigenvalue weighted by molar-refractivity contribution is 6.31. The number of aromatic nitrogens is 1. The largest absolute Gasteiger partial charge is 0.478 e. The highest BCUT2D eigenvalue weighted by Crippen LogP contribution is 2.31. The van der Waals surface area contributed by atoms with E-state index in [1.807, 2.05) is 6.07 Å². The SMILES string of the molecule is O=C(O)c1ccc(C(=O)N2CCC(c3nc4cc(Cl)ccc4o3)CC2)cc1. The molecule has 7 heteroatoms. The smallest absolute Gasteiger partial charge is 0.335 e. The maximum absolute atomic E-state index is 12.6. The van der Waals surface area contributed by atoms with Crippen molar-refractivity contribution >= 4 is 34.6 Å². The Bertz CT molecular complexity index is 1000. The van der Waals surface area contributed by atoms with Gasteiger partial charge < -0.3 is 14.4 Å². The lowest BCUT2D eigenvalue weighted by Gasteiger charge is -2.30. The number of carbonyl (C=O) groups excluding carboxylic acids is 1. The molecule has 0 spiro atoms. The number of benzene rings is 2. The number of nitrogens with zero attached hydrogens (tertiary/aromatic N) is 2. The van der Waals surface area contributed by atoms with Crippen LogP contribution >= 0.6 is 11.6 Å². The summed E-state index contributed by atoms with van der Waals surface area (Å²) in [6.45, 7) is 1.20. The van der Waals surface area contributed by atoms with E-state index < -0.39 is 5.97 Å². The molecule has 2 aromatic carbocycles. The monoisotopic (exact) mass is 384 g/mol. The number of carboxylic acids is 1. The van der Waals surface area contributed by atoms with Gasteiger partial charge in [0.05, 0.1) is 5.56 Å². The van der Waals surface area contributed by atoms with Crippen LogP contribution in [0.2, 0.25) is 5.02 Å². The maximum atomic E-state index is 12.6. The Balaban J connectivity index is 1.43. The molecule has 138 valence electrons. The standard InChI is InChI=1S/C20H17ClN2O4/c21-15-5-6-17-16(11-15)22-18(27-17)12-7-9-23(10-8-12)19(24)13-1-3-14(4-2-13)20(25)26/h1-6,11-12H,7-10H2,(H,25,26). The van der Waals surface area contributed by atoms with E-state index in [0.717, 1.165) is 18.4 Å². The van der Waals surface area contributed by atoms with Crippen LogP contribution in [0.25, 0.3) is 11.1 Å². The van der Waals surface area contributed by atoms with Crippen molar-refractivity contribution in [3.63, 3.8) is 0 Å². The third kappa shape index (κ3) is 3.53. The first kappa shape index (κ1) is 17.5. The minimum Gasteiger partial charge on any atom is -0.478 e. The van der Waals surface area contributed by atoms with Crippen molar-refractivity contribution in [1.82, 2.24) is 9.88 Å². The van der Waals surface area contributed by atoms with E-state index in [9.17, 15) is 9.59 Å².